The van der Waals surface area contributed by atoms with Gasteiger partial charge in [-0.1, -0.05) is 0 Å². The minimum absolute atomic E-state index is 0.120. The number of nitrogens with zero attached hydrogens (tertiary/aromatic N) is 2. The highest BCUT2D eigenvalue weighted by molar-refractivity contribution is 4.90. The number of aromatic nitrogens is 2. The first kappa shape index (κ1) is 6.82. The Hall–Kier alpha value is -0.870. The third kappa shape index (κ3) is 1.41. The molecule has 1 saturated heterocycles. The van der Waals surface area contributed by atoms with Crippen LogP contribution >= 0.6 is 0 Å². The highest BCUT2D eigenvalue weighted by Gasteiger charge is 2.24. The van der Waals surface area contributed by atoms with Crippen LogP contribution in [0, 0.1) is 0 Å². The summed E-state index contributed by atoms with van der Waals surface area (Å²) in [4.78, 5) is 9.24. The third-order valence-corrected chi connectivity index (χ3v) is 1.87. The molecule has 0 bridgehead atoms. The Kier molecular flexibility index (Phi) is 1.63. The maximum atomic E-state index is 8.97. The van der Waals surface area contributed by atoms with Crippen LogP contribution in [0.5, 0.6) is 0 Å². The number of H-pyrrole nitrogens is 1. The average Bonchev–Trinajstić information content (AvgIpc) is 2.36. The molecule has 0 radical (unpaired) electrons. The number of aromatic amines is 1. The van der Waals surface area contributed by atoms with Gasteiger partial charge >= 0.3 is 0 Å². The van der Waals surface area contributed by atoms with Gasteiger partial charge < -0.3 is 10.1 Å². The molecule has 2 N–H and O–H groups in total. The van der Waals surface area contributed by atoms with Crippen LogP contribution in [0.25, 0.3) is 0 Å². The monoisotopic (exact) mass is 153 g/mol. The lowest BCUT2D eigenvalue weighted by Gasteiger charge is -2.34. The summed E-state index contributed by atoms with van der Waals surface area (Å²) >= 11 is 0. The fourth-order valence-electron chi connectivity index (χ4n) is 1.27. The molecule has 1 fully saturated rings. The zero-order chi connectivity index (χ0) is 7.68. The standard InChI is InChI=1S/C7H11N3O/c11-6-3-10(4-6)5-7-8-1-2-9-7/h1-2,6,11H,3-5H2,(H,8,9). The summed E-state index contributed by atoms with van der Waals surface area (Å²) in [6.07, 6.45) is 3.43. The maximum Gasteiger partial charge on any atom is 0.120 e. The summed E-state index contributed by atoms with van der Waals surface area (Å²) in [6, 6.07) is 0. The minimum Gasteiger partial charge on any atom is -0.390 e. The van der Waals surface area contributed by atoms with Crippen molar-refractivity contribution in [2.24, 2.45) is 0 Å². The van der Waals surface area contributed by atoms with Gasteiger partial charge in [0.1, 0.15) is 5.82 Å². The summed E-state index contributed by atoms with van der Waals surface area (Å²) in [5, 5.41) is 8.97. The lowest BCUT2D eigenvalue weighted by atomic mass is 10.2. The van der Waals surface area contributed by atoms with E-state index in [2.05, 4.69) is 14.9 Å². The number of likely N-dealkylation sites (tertiary alicyclic amines) is 1. The van der Waals surface area contributed by atoms with Crippen molar-refractivity contribution in [1.29, 1.82) is 0 Å². The number of hydrogen-bond acceptors (Lipinski definition) is 3. The van der Waals surface area contributed by atoms with E-state index in [1.54, 1.807) is 6.20 Å². The summed E-state index contributed by atoms with van der Waals surface area (Å²) in [6.45, 7) is 2.38. The number of β-amino-alcohol motifs (C(OH)–C–C–N with tert-alkyl or cyclic N) is 1. The van der Waals surface area contributed by atoms with Crippen molar-refractivity contribution < 1.29 is 5.11 Å². The molecule has 4 nitrogen and oxygen atoms in total. The predicted octanol–water partition coefficient (Wildman–Crippen LogP) is -0.414. The Morgan fingerprint density at radius 1 is 1.73 bits per heavy atom. The molecule has 11 heavy (non-hydrogen) atoms. The number of aliphatic hydroxyl groups excluding tert-OH is 1. The van der Waals surface area contributed by atoms with Gasteiger partial charge in [0, 0.05) is 25.5 Å². The van der Waals surface area contributed by atoms with Gasteiger partial charge in [-0.3, -0.25) is 4.90 Å². The van der Waals surface area contributed by atoms with Gasteiger partial charge in [-0.2, -0.15) is 0 Å². The number of hydrogen-bond donors (Lipinski definition) is 2. The molecule has 60 valence electrons. The number of rotatable bonds is 2. The van der Waals surface area contributed by atoms with Gasteiger partial charge in [-0.15, -0.1) is 0 Å². The summed E-state index contributed by atoms with van der Waals surface area (Å²) in [5.74, 6) is 0.969. The minimum atomic E-state index is -0.120. The Balaban J connectivity index is 1.84. The summed E-state index contributed by atoms with van der Waals surface area (Å²) in [7, 11) is 0. The topological polar surface area (TPSA) is 52.1 Å². The highest BCUT2D eigenvalue weighted by atomic mass is 16.3. The normalized spacial score (nSPS) is 20.1. The molecule has 1 aromatic heterocycles. The predicted molar refractivity (Wildman–Crippen MR) is 39.9 cm³/mol. The Morgan fingerprint density at radius 3 is 3.09 bits per heavy atom. The molecule has 0 aliphatic carbocycles. The SMILES string of the molecule is OC1CN(Cc2ncc[nH]2)C1. The molecule has 0 spiro atoms. The van der Waals surface area contributed by atoms with Crippen LogP contribution in [-0.4, -0.2) is 39.2 Å². The highest BCUT2D eigenvalue weighted by Crippen LogP contribution is 2.09. The maximum absolute atomic E-state index is 8.97. The smallest absolute Gasteiger partial charge is 0.120 e. The molecule has 0 unspecified atom stereocenters. The first-order valence-corrected chi connectivity index (χ1v) is 3.73. The van der Waals surface area contributed by atoms with Crippen LogP contribution < -0.4 is 0 Å². The van der Waals surface area contributed by atoms with Gasteiger partial charge in [0.25, 0.3) is 0 Å². The van der Waals surface area contributed by atoms with E-state index >= 15 is 0 Å². The van der Waals surface area contributed by atoms with Crippen molar-refractivity contribution in [3.63, 3.8) is 0 Å². The van der Waals surface area contributed by atoms with E-state index in [0.717, 1.165) is 25.5 Å². The molecule has 1 aromatic rings. The van der Waals surface area contributed by atoms with Crippen molar-refractivity contribution in [2.75, 3.05) is 13.1 Å². The van der Waals surface area contributed by atoms with E-state index in [0.29, 0.717) is 0 Å². The first-order valence-electron chi connectivity index (χ1n) is 3.73. The van der Waals surface area contributed by atoms with E-state index < -0.39 is 0 Å². The van der Waals surface area contributed by atoms with Crippen molar-refractivity contribution in [2.45, 2.75) is 12.6 Å². The Labute approximate surface area is 64.9 Å². The number of nitrogens with one attached hydrogen (secondary N) is 1. The van der Waals surface area contributed by atoms with Crippen molar-refractivity contribution in [3.8, 4) is 0 Å². The van der Waals surface area contributed by atoms with Crippen molar-refractivity contribution in [3.05, 3.63) is 18.2 Å². The van der Waals surface area contributed by atoms with Crippen LogP contribution in [0.15, 0.2) is 12.4 Å². The lowest BCUT2D eigenvalue weighted by molar-refractivity contribution is -0.00414. The largest absolute Gasteiger partial charge is 0.390 e. The van der Waals surface area contributed by atoms with E-state index in [1.807, 2.05) is 6.20 Å². The average molecular weight is 153 g/mol. The fourth-order valence-corrected chi connectivity index (χ4v) is 1.27. The van der Waals surface area contributed by atoms with Gasteiger partial charge in [-0.25, -0.2) is 4.98 Å². The molecule has 4 heteroatoms. The molecule has 0 amide bonds. The van der Waals surface area contributed by atoms with Crippen LogP contribution in [-0.2, 0) is 6.54 Å². The molecular weight excluding hydrogens is 142 g/mol. The molecular formula is C7H11N3O. The lowest BCUT2D eigenvalue weighted by Crippen LogP contribution is -2.49. The van der Waals surface area contributed by atoms with E-state index in [9.17, 15) is 0 Å². The molecule has 2 rings (SSSR count). The zero-order valence-corrected chi connectivity index (χ0v) is 6.20. The summed E-state index contributed by atoms with van der Waals surface area (Å²) < 4.78 is 0. The quantitative estimate of drug-likeness (QED) is 0.607. The first-order chi connectivity index (χ1) is 5.34. The Morgan fingerprint density at radius 2 is 2.55 bits per heavy atom. The van der Waals surface area contributed by atoms with Crippen LogP contribution in [0.3, 0.4) is 0 Å². The fraction of sp³-hybridized carbons (Fsp3) is 0.571. The molecule has 2 heterocycles. The molecule has 1 aliphatic rings. The molecule has 0 saturated carbocycles. The second-order valence-electron chi connectivity index (χ2n) is 2.88. The number of aliphatic hydroxyl groups is 1. The molecule has 0 atom stereocenters. The zero-order valence-electron chi connectivity index (χ0n) is 6.20. The Bertz CT molecular complexity index is 216. The van der Waals surface area contributed by atoms with E-state index in [4.69, 9.17) is 5.11 Å². The second-order valence-corrected chi connectivity index (χ2v) is 2.88. The summed E-state index contributed by atoms with van der Waals surface area (Å²) in [5.41, 5.74) is 0. The second kappa shape index (κ2) is 2.64. The van der Waals surface area contributed by atoms with E-state index in [-0.39, 0.29) is 6.10 Å². The van der Waals surface area contributed by atoms with Crippen LogP contribution in [0.4, 0.5) is 0 Å². The van der Waals surface area contributed by atoms with Crippen LogP contribution in [0.2, 0.25) is 0 Å². The number of imidazole rings is 1. The van der Waals surface area contributed by atoms with Gasteiger partial charge in [-0.05, 0) is 0 Å². The van der Waals surface area contributed by atoms with Gasteiger partial charge in [0.2, 0.25) is 0 Å². The van der Waals surface area contributed by atoms with Gasteiger partial charge in [0.05, 0.1) is 12.6 Å². The van der Waals surface area contributed by atoms with Crippen LogP contribution in [0.1, 0.15) is 5.82 Å². The van der Waals surface area contributed by atoms with Crippen molar-refractivity contribution in [1.82, 2.24) is 14.9 Å². The van der Waals surface area contributed by atoms with E-state index in [1.165, 1.54) is 0 Å². The van der Waals surface area contributed by atoms with Gasteiger partial charge in [0.15, 0.2) is 0 Å². The van der Waals surface area contributed by atoms with Crippen molar-refractivity contribution >= 4 is 0 Å². The third-order valence-electron chi connectivity index (χ3n) is 1.87. The molecule has 0 aromatic carbocycles. The molecule has 1 aliphatic heterocycles.